The number of thiocarbonyl (C=S) groups is 1. The van der Waals surface area contributed by atoms with Gasteiger partial charge >= 0.3 is 0 Å². The minimum Gasteiger partial charge on any atom is -0.483 e. The van der Waals surface area contributed by atoms with Crippen LogP contribution in [-0.2, 0) is 4.79 Å². The molecule has 1 aliphatic rings. The van der Waals surface area contributed by atoms with E-state index >= 15 is 0 Å². The highest BCUT2D eigenvalue weighted by atomic mass is 79.9. The predicted octanol–water partition coefficient (Wildman–Crippen LogP) is 5.07. The first-order valence-electron chi connectivity index (χ1n) is 8.64. The van der Waals surface area contributed by atoms with E-state index in [2.05, 4.69) is 42.5 Å². The van der Waals surface area contributed by atoms with Crippen LogP contribution in [0.25, 0.3) is 10.8 Å². The zero-order valence-electron chi connectivity index (χ0n) is 14.2. The molecule has 1 saturated carbocycles. The molecule has 0 bridgehead atoms. The number of halogens is 2. The molecule has 0 heterocycles. The van der Waals surface area contributed by atoms with Gasteiger partial charge in [0.2, 0.25) is 0 Å². The number of benzene rings is 2. The number of hydrogen-bond acceptors (Lipinski definition) is 3. The number of carbonyl (C=O) groups excluding carboxylic acids is 1. The zero-order valence-corrected chi connectivity index (χ0v) is 18.2. The molecule has 1 amide bonds. The third kappa shape index (κ3) is 5.18. The van der Waals surface area contributed by atoms with E-state index in [1.807, 2.05) is 30.3 Å². The van der Waals surface area contributed by atoms with Crippen LogP contribution in [0.3, 0.4) is 0 Å². The normalized spacial score (nSPS) is 14.8. The standard InChI is InChI=1S/C19H20Br2N2O2S/c20-13-7-8-15-12(10-13)6-9-16(18(15)21)25-11-17(24)23-19(26)22-14-4-2-1-3-5-14/h6-10,14H,1-5,11H2,(H2,22,23,24,26). The van der Waals surface area contributed by atoms with Crippen LogP contribution < -0.4 is 15.4 Å². The van der Waals surface area contributed by atoms with Crippen molar-refractivity contribution in [1.82, 2.24) is 10.6 Å². The van der Waals surface area contributed by atoms with Gasteiger partial charge in [-0.2, -0.15) is 0 Å². The highest BCUT2D eigenvalue weighted by Gasteiger charge is 2.15. The van der Waals surface area contributed by atoms with Gasteiger partial charge in [0.1, 0.15) is 5.75 Å². The lowest BCUT2D eigenvalue weighted by Crippen LogP contribution is -2.46. The maximum atomic E-state index is 12.1. The Kier molecular flexibility index (Phi) is 6.89. The molecule has 26 heavy (non-hydrogen) atoms. The van der Waals surface area contributed by atoms with E-state index in [0.717, 1.165) is 32.6 Å². The van der Waals surface area contributed by atoms with Gasteiger partial charge in [-0.1, -0.05) is 47.3 Å². The quantitative estimate of drug-likeness (QED) is 0.577. The summed E-state index contributed by atoms with van der Waals surface area (Å²) in [4.78, 5) is 12.1. The lowest BCUT2D eigenvalue weighted by atomic mass is 9.96. The first-order valence-corrected chi connectivity index (χ1v) is 10.6. The fourth-order valence-electron chi connectivity index (χ4n) is 3.13. The van der Waals surface area contributed by atoms with Crippen molar-refractivity contribution in [1.29, 1.82) is 0 Å². The molecule has 0 unspecified atom stereocenters. The molecule has 2 N–H and O–H groups in total. The van der Waals surface area contributed by atoms with E-state index in [0.29, 0.717) is 16.9 Å². The Bertz CT molecular complexity index is 823. The SMILES string of the molecule is O=C(COc1ccc2cc(Br)ccc2c1Br)NC(=S)NC1CCCCC1. The number of amides is 1. The summed E-state index contributed by atoms with van der Waals surface area (Å²) < 4.78 is 7.52. The van der Waals surface area contributed by atoms with Gasteiger partial charge in [-0.15, -0.1) is 0 Å². The van der Waals surface area contributed by atoms with Crippen LogP contribution in [0.5, 0.6) is 5.75 Å². The summed E-state index contributed by atoms with van der Waals surface area (Å²) in [6.45, 7) is -0.0902. The minimum atomic E-state index is -0.263. The Balaban J connectivity index is 1.54. The molecule has 0 aliphatic heterocycles. The number of nitrogens with one attached hydrogen (secondary N) is 2. The lowest BCUT2D eigenvalue weighted by molar-refractivity contribution is -0.121. The summed E-state index contributed by atoms with van der Waals surface area (Å²) in [5.74, 6) is 0.363. The molecule has 2 aromatic rings. The van der Waals surface area contributed by atoms with E-state index in [1.54, 1.807) is 0 Å². The van der Waals surface area contributed by atoms with Crippen molar-refractivity contribution in [2.45, 2.75) is 38.1 Å². The van der Waals surface area contributed by atoms with Gasteiger partial charge in [-0.25, -0.2) is 0 Å². The largest absolute Gasteiger partial charge is 0.483 e. The Hall–Kier alpha value is -1.18. The summed E-state index contributed by atoms with van der Waals surface area (Å²) in [6, 6.07) is 10.2. The molecular weight excluding hydrogens is 480 g/mol. The number of rotatable bonds is 4. The number of fused-ring (bicyclic) bond motifs is 1. The summed E-state index contributed by atoms with van der Waals surface area (Å²) in [5.41, 5.74) is 0. The van der Waals surface area contributed by atoms with Gasteiger partial charge in [-0.3, -0.25) is 4.79 Å². The first kappa shape index (κ1) is 19.6. The van der Waals surface area contributed by atoms with E-state index < -0.39 is 0 Å². The topological polar surface area (TPSA) is 50.4 Å². The molecule has 2 aromatic carbocycles. The second-order valence-corrected chi connectivity index (χ2v) is 8.51. The highest BCUT2D eigenvalue weighted by Crippen LogP contribution is 2.34. The molecule has 138 valence electrons. The Morgan fingerprint density at radius 3 is 2.69 bits per heavy atom. The minimum absolute atomic E-state index is 0.0902. The summed E-state index contributed by atoms with van der Waals surface area (Å²) in [7, 11) is 0. The zero-order chi connectivity index (χ0) is 18.5. The molecule has 0 aromatic heterocycles. The van der Waals surface area contributed by atoms with E-state index in [1.165, 1.54) is 19.3 Å². The Morgan fingerprint density at radius 1 is 1.15 bits per heavy atom. The van der Waals surface area contributed by atoms with Crippen molar-refractivity contribution in [2.24, 2.45) is 0 Å². The van der Waals surface area contributed by atoms with Crippen molar-refractivity contribution in [3.8, 4) is 5.75 Å². The van der Waals surface area contributed by atoms with Crippen molar-refractivity contribution in [3.05, 3.63) is 39.3 Å². The number of ether oxygens (including phenoxy) is 1. The highest BCUT2D eigenvalue weighted by molar-refractivity contribution is 9.11. The van der Waals surface area contributed by atoms with Gasteiger partial charge in [0.05, 0.1) is 4.47 Å². The van der Waals surface area contributed by atoms with Crippen LogP contribution in [0.15, 0.2) is 39.3 Å². The van der Waals surface area contributed by atoms with E-state index in [4.69, 9.17) is 17.0 Å². The first-order chi connectivity index (χ1) is 12.5. The van der Waals surface area contributed by atoms with Gasteiger partial charge in [-0.05, 0) is 70.0 Å². The lowest BCUT2D eigenvalue weighted by Gasteiger charge is -2.24. The average Bonchev–Trinajstić information content (AvgIpc) is 2.61. The maximum Gasteiger partial charge on any atom is 0.264 e. The molecule has 1 aliphatic carbocycles. The second-order valence-electron chi connectivity index (χ2n) is 6.39. The molecule has 7 heteroatoms. The third-order valence-corrected chi connectivity index (χ3v) is 5.96. The van der Waals surface area contributed by atoms with Crippen molar-refractivity contribution in [2.75, 3.05) is 6.61 Å². The van der Waals surface area contributed by atoms with Gasteiger partial charge in [0, 0.05) is 10.5 Å². The number of carbonyl (C=O) groups is 1. The maximum absolute atomic E-state index is 12.1. The Morgan fingerprint density at radius 2 is 1.92 bits per heavy atom. The van der Waals surface area contributed by atoms with Crippen LogP contribution in [0.2, 0.25) is 0 Å². The molecule has 0 saturated heterocycles. The van der Waals surface area contributed by atoms with Crippen molar-refractivity contribution in [3.63, 3.8) is 0 Å². The van der Waals surface area contributed by atoms with Gasteiger partial charge < -0.3 is 15.4 Å². The van der Waals surface area contributed by atoms with Crippen LogP contribution in [0.1, 0.15) is 32.1 Å². The van der Waals surface area contributed by atoms with Gasteiger partial charge in [0.15, 0.2) is 11.7 Å². The van der Waals surface area contributed by atoms with Crippen molar-refractivity contribution < 1.29 is 9.53 Å². The van der Waals surface area contributed by atoms with E-state index in [9.17, 15) is 4.79 Å². The number of hydrogen-bond donors (Lipinski definition) is 2. The molecule has 4 nitrogen and oxygen atoms in total. The summed E-state index contributed by atoms with van der Waals surface area (Å²) in [6.07, 6.45) is 5.91. The van der Waals surface area contributed by atoms with Crippen LogP contribution in [0, 0.1) is 0 Å². The third-order valence-electron chi connectivity index (χ3n) is 4.43. The molecule has 1 fully saturated rings. The average molecular weight is 500 g/mol. The van der Waals surface area contributed by atoms with Crippen molar-refractivity contribution >= 4 is 65.9 Å². The molecule has 0 radical (unpaired) electrons. The molecule has 0 atom stereocenters. The Labute approximate surface area is 175 Å². The summed E-state index contributed by atoms with van der Waals surface area (Å²) >= 11 is 12.3. The molecule has 3 rings (SSSR count). The molecular formula is C19H20Br2N2O2S. The van der Waals surface area contributed by atoms with Crippen LogP contribution >= 0.6 is 44.1 Å². The molecule has 0 spiro atoms. The second kappa shape index (κ2) is 9.15. The van der Waals surface area contributed by atoms with Crippen LogP contribution in [-0.4, -0.2) is 23.7 Å². The fourth-order valence-corrected chi connectivity index (χ4v) is 4.40. The monoisotopic (exact) mass is 498 g/mol. The van der Waals surface area contributed by atoms with E-state index in [-0.39, 0.29) is 12.5 Å². The fraction of sp³-hybridized carbons (Fsp3) is 0.368. The summed E-state index contributed by atoms with van der Waals surface area (Å²) in [5, 5.41) is 8.41. The predicted molar refractivity (Wildman–Crippen MR) is 116 cm³/mol. The smallest absolute Gasteiger partial charge is 0.264 e. The van der Waals surface area contributed by atoms with Gasteiger partial charge in [0.25, 0.3) is 5.91 Å². The van der Waals surface area contributed by atoms with Crippen LogP contribution in [0.4, 0.5) is 0 Å².